The van der Waals surface area contributed by atoms with Crippen molar-refractivity contribution in [3.05, 3.63) is 42.4 Å². The third-order valence-electron chi connectivity index (χ3n) is 4.01. The summed E-state index contributed by atoms with van der Waals surface area (Å²) in [5, 5.41) is 10.0. The number of fused-ring (bicyclic) bond motifs is 3. The number of aromatic nitrogens is 5. The van der Waals surface area contributed by atoms with Gasteiger partial charge in [-0.2, -0.15) is 0 Å². The first kappa shape index (κ1) is 14.9. The highest BCUT2D eigenvalue weighted by atomic mass is 32.2. The van der Waals surface area contributed by atoms with E-state index < -0.39 is 0 Å². The molecule has 4 aromatic rings. The third kappa shape index (κ3) is 2.28. The van der Waals surface area contributed by atoms with Crippen molar-refractivity contribution in [1.82, 2.24) is 24.6 Å². The van der Waals surface area contributed by atoms with Gasteiger partial charge in [-0.05, 0) is 42.5 Å². The normalized spacial score (nSPS) is 11.3. The van der Waals surface area contributed by atoms with Crippen molar-refractivity contribution in [2.45, 2.75) is 12.1 Å². The third-order valence-corrected chi connectivity index (χ3v) is 4.57. The fourth-order valence-corrected chi connectivity index (χ4v) is 3.11. The number of hydrogen-bond acceptors (Lipinski definition) is 6. The van der Waals surface area contributed by atoms with Gasteiger partial charge in [0.15, 0.2) is 16.5 Å². The molecule has 0 bridgehead atoms. The van der Waals surface area contributed by atoms with Gasteiger partial charge in [0.25, 0.3) is 0 Å². The summed E-state index contributed by atoms with van der Waals surface area (Å²) in [6.45, 7) is 2.07. The summed E-state index contributed by atoms with van der Waals surface area (Å²) in [7, 11) is 1.67. The number of methoxy groups -OCH3 is 1. The Bertz CT molecular complexity index is 1060. The zero-order valence-electron chi connectivity index (χ0n) is 13.5. The molecule has 24 heavy (non-hydrogen) atoms. The molecule has 0 aliphatic rings. The van der Waals surface area contributed by atoms with Crippen molar-refractivity contribution in [3.63, 3.8) is 0 Å². The molecule has 0 aliphatic carbocycles. The molecule has 120 valence electrons. The lowest BCUT2D eigenvalue weighted by molar-refractivity contribution is 0.415. The molecule has 0 saturated heterocycles. The largest absolute Gasteiger partial charge is 0.497 e. The van der Waals surface area contributed by atoms with Gasteiger partial charge in [0, 0.05) is 17.1 Å². The van der Waals surface area contributed by atoms with E-state index >= 15 is 0 Å². The van der Waals surface area contributed by atoms with Crippen LogP contribution in [0, 0.1) is 6.92 Å². The van der Waals surface area contributed by atoms with Crippen LogP contribution in [0.2, 0.25) is 0 Å². The standard InChI is InChI=1S/C17H15N5OS/c1-10-4-5-12(23-2)7-13(10)14-6-11-8-18-17(24-3)20-15(11)22-9-19-21-16(14)22/h4-9H,1-3H3. The van der Waals surface area contributed by atoms with Gasteiger partial charge in [0.1, 0.15) is 12.1 Å². The Balaban J connectivity index is 2.07. The smallest absolute Gasteiger partial charge is 0.189 e. The molecule has 3 aromatic heterocycles. The SMILES string of the molecule is COc1ccc(C)c(-c2cc3cnc(SC)nc3n3cnnc23)c1. The van der Waals surface area contributed by atoms with E-state index in [1.807, 2.05) is 35.1 Å². The molecule has 6 nitrogen and oxygen atoms in total. The van der Waals surface area contributed by atoms with E-state index in [2.05, 4.69) is 33.2 Å². The van der Waals surface area contributed by atoms with Gasteiger partial charge in [0.2, 0.25) is 0 Å². The van der Waals surface area contributed by atoms with Crippen LogP contribution in [0.1, 0.15) is 5.56 Å². The number of aryl methyl sites for hydroxylation is 1. The molecule has 0 amide bonds. The van der Waals surface area contributed by atoms with Gasteiger partial charge >= 0.3 is 0 Å². The molecule has 0 spiro atoms. The predicted octanol–water partition coefficient (Wildman–Crippen LogP) is 3.38. The topological polar surface area (TPSA) is 65.2 Å². The van der Waals surface area contributed by atoms with E-state index in [0.29, 0.717) is 0 Å². The molecule has 3 heterocycles. The zero-order chi connectivity index (χ0) is 16.7. The summed E-state index contributed by atoms with van der Waals surface area (Å²) in [6, 6.07) is 8.07. The molecule has 4 rings (SSSR count). The number of nitrogens with zero attached hydrogens (tertiary/aromatic N) is 5. The van der Waals surface area contributed by atoms with Crippen LogP contribution in [0.3, 0.4) is 0 Å². The molecule has 7 heteroatoms. The van der Waals surface area contributed by atoms with Crippen LogP contribution in [0.15, 0.2) is 41.9 Å². The summed E-state index contributed by atoms with van der Waals surface area (Å²) in [5.74, 6) is 0.808. The van der Waals surface area contributed by atoms with Gasteiger partial charge in [-0.1, -0.05) is 17.8 Å². The maximum Gasteiger partial charge on any atom is 0.189 e. The second kappa shape index (κ2) is 5.76. The van der Waals surface area contributed by atoms with Crippen molar-refractivity contribution < 1.29 is 4.74 Å². The summed E-state index contributed by atoms with van der Waals surface area (Å²) >= 11 is 1.51. The number of hydrogen-bond donors (Lipinski definition) is 0. The van der Waals surface area contributed by atoms with E-state index in [1.54, 1.807) is 13.4 Å². The van der Waals surface area contributed by atoms with Crippen LogP contribution in [0.4, 0.5) is 0 Å². The van der Waals surface area contributed by atoms with Gasteiger partial charge in [-0.3, -0.25) is 4.40 Å². The first-order valence-electron chi connectivity index (χ1n) is 7.40. The minimum Gasteiger partial charge on any atom is -0.497 e. The zero-order valence-corrected chi connectivity index (χ0v) is 14.3. The maximum absolute atomic E-state index is 5.37. The maximum atomic E-state index is 5.37. The van der Waals surface area contributed by atoms with Gasteiger partial charge < -0.3 is 4.74 Å². The molecular formula is C17H15N5OS. The lowest BCUT2D eigenvalue weighted by Crippen LogP contribution is -1.97. The Labute approximate surface area is 142 Å². The van der Waals surface area contributed by atoms with Crippen LogP contribution in [0.25, 0.3) is 27.8 Å². The molecule has 1 aromatic carbocycles. The second-order valence-corrected chi connectivity index (χ2v) is 6.17. The Morgan fingerprint density at radius 1 is 1.12 bits per heavy atom. The molecule has 0 saturated carbocycles. The number of thioether (sulfide) groups is 1. The fourth-order valence-electron chi connectivity index (χ4n) is 2.77. The van der Waals surface area contributed by atoms with Crippen LogP contribution in [-0.4, -0.2) is 37.9 Å². The van der Waals surface area contributed by atoms with E-state index in [4.69, 9.17) is 4.74 Å². The molecule has 0 N–H and O–H groups in total. The highest BCUT2D eigenvalue weighted by molar-refractivity contribution is 7.98. The van der Waals surface area contributed by atoms with Crippen LogP contribution in [-0.2, 0) is 0 Å². The van der Waals surface area contributed by atoms with Crippen molar-refractivity contribution >= 4 is 28.4 Å². The molecule has 0 atom stereocenters. The predicted molar refractivity (Wildman–Crippen MR) is 94.6 cm³/mol. The Hall–Kier alpha value is -2.67. The van der Waals surface area contributed by atoms with Crippen molar-refractivity contribution in [2.24, 2.45) is 0 Å². The highest BCUT2D eigenvalue weighted by Crippen LogP contribution is 2.32. The molecule has 0 radical (unpaired) electrons. The number of ether oxygens (including phenoxy) is 1. The van der Waals surface area contributed by atoms with Crippen molar-refractivity contribution in [2.75, 3.05) is 13.4 Å². The van der Waals surface area contributed by atoms with E-state index in [-0.39, 0.29) is 0 Å². The van der Waals surface area contributed by atoms with Crippen LogP contribution in [0.5, 0.6) is 5.75 Å². The first-order chi connectivity index (χ1) is 11.7. The fraction of sp³-hybridized carbons (Fsp3) is 0.176. The summed E-state index contributed by atoms with van der Waals surface area (Å²) in [6.07, 6.45) is 5.49. The summed E-state index contributed by atoms with van der Waals surface area (Å²) in [4.78, 5) is 8.98. The van der Waals surface area contributed by atoms with E-state index in [9.17, 15) is 0 Å². The summed E-state index contributed by atoms with van der Waals surface area (Å²) < 4.78 is 7.28. The minimum atomic E-state index is 0.725. The van der Waals surface area contributed by atoms with Crippen LogP contribution >= 0.6 is 11.8 Å². The quantitative estimate of drug-likeness (QED) is 0.422. The van der Waals surface area contributed by atoms with Gasteiger partial charge in [-0.25, -0.2) is 9.97 Å². The van der Waals surface area contributed by atoms with Crippen LogP contribution < -0.4 is 4.74 Å². The molecule has 0 fully saturated rings. The number of rotatable bonds is 3. The number of benzene rings is 1. The average molecular weight is 337 g/mol. The van der Waals surface area contributed by atoms with E-state index in [1.165, 1.54) is 11.8 Å². The number of pyridine rings is 1. The monoisotopic (exact) mass is 337 g/mol. The molecule has 0 aliphatic heterocycles. The van der Waals surface area contributed by atoms with Gasteiger partial charge in [-0.15, -0.1) is 10.2 Å². The lowest BCUT2D eigenvalue weighted by Gasteiger charge is -2.11. The van der Waals surface area contributed by atoms with Gasteiger partial charge in [0.05, 0.1) is 7.11 Å². The Kier molecular flexibility index (Phi) is 3.57. The second-order valence-electron chi connectivity index (χ2n) is 5.40. The highest BCUT2D eigenvalue weighted by Gasteiger charge is 2.14. The molecule has 0 unspecified atom stereocenters. The first-order valence-corrected chi connectivity index (χ1v) is 8.62. The van der Waals surface area contributed by atoms with Crippen molar-refractivity contribution in [1.29, 1.82) is 0 Å². The Morgan fingerprint density at radius 3 is 2.79 bits per heavy atom. The lowest BCUT2D eigenvalue weighted by atomic mass is 10.0. The molecular weight excluding hydrogens is 322 g/mol. The van der Waals surface area contributed by atoms with Crippen molar-refractivity contribution in [3.8, 4) is 16.9 Å². The minimum absolute atomic E-state index is 0.725. The Morgan fingerprint density at radius 2 is 2.00 bits per heavy atom. The van der Waals surface area contributed by atoms with E-state index in [0.717, 1.165) is 44.3 Å². The summed E-state index contributed by atoms with van der Waals surface area (Å²) in [5.41, 5.74) is 4.75. The average Bonchev–Trinajstić information content (AvgIpc) is 3.11.